The fourth-order valence-electron chi connectivity index (χ4n) is 9.31. The molecule has 0 unspecified atom stereocenters. The highest BCUT2D eigenvalue weighted by Gasteiger charge is 2.44. The molecule has 2 aliphatic heterocycles. The lowest BCUT2D eigenvalue weighted by molar-refractivity contribution is -0.144. The number of rotatable bonds is 21. The number of benzene rings is 3. The molecule has 0 aliphatic carbocycles. The number of nitrogens with one attached hydrogen (secondary N) is 2. The number of ether oxygens (including phenoxy) is 2. The molecule has 0 bridgehead atoms. The molecule has 4 atom stereocenters. The molecule has 4 heterocycles. The third-order valence-electron chi connectivity index (χ3n) is 13.8. The van der Waals surface area contributed by atoms with E-state index >= 15 is 0 Å². The van der Waals surface area contributed by atoms with Crippen LogP contribution in [0.25, 0.3) is 15.3 Å². The van der Waals surface area contributed by atoms with Crippen molar-refractivity contribution in [1.29, 1.82) is 0 Å². The zero-order chi connectivity index (χ0) is 52.3. The van der Waals surface area contributed by atoms with Crippen LogP contribution in [-0.2, 0) is 31.1 Å². The van der Waals surface area contributed by atoms with Crippen molar-refractivity contribution < 1.29 is 29.0 Å². The number of β-amino-alcohol motifs (C(OH)–C–C–N with tert-alkyl or cyclic N) is 1. The first kappa shape index (κ1) is 54.8. The van der Waals surface area contributed by atoms with Gasteiger partial charge < -0.3 is 35.0 Å². The zero-order valence-corrected chi connectivity index (χ0v) is 44.8. The molecule has 0 radical (unpaired) electrons. The summed E-state index contributed by atoms with van der Waals surface area (Å²) in [4.78, 5) is 65.5. The van der Waals surface area contributed by atoms with E-state index in [0.717, 1.165) is 96.3 Å². The van der Waals surface area contributed by atoms with Gasteiger partial charge in [0.2, 0.25) is 23.7 Å². The van der Waals surface area contributed by atoms with Crippen LogP contribution in [0.1, 0.15) is 108 Å². The molecule has 15 nitrogen and oxygen atoms in total. The smallest absolute Gasteiger partial charge is 0.246 e. The van der Waals surface area contributed by atoms with Gasteiger partial charge in [-0.1, -0.05) is 88.7 Å². The van der Waals surface area contributed by atoms with Gasteiger partial charge in [0.1, 0.15) is 24.4 Å². The van der Waals surface area contributed by atoms with Crippen molar-refractivity contribution in [3.8, 4) is 16.2 Å². The Labute approximate surface area is 439 Å². The summed E-state index contributed by atoms with van der Waals surface area (Å²) in [7, 11) is 0. The van der Waals surface area contributed by atoms with E-state index in [4.69, 9.17) is 32.6 Å². The summed E-state index contributed by atoms with van der Waals surface area (Å²) >= 11 is 7.90. The van der Waals surface area contributed by atoms with E-state index in [1.807, 2.05) is 107 Å². The summed E-state index contributed by atoms with van der Waals surface area (Å²) in [5.74, 6) is 0.396. The molecule has 2 aliphatic rings. The number of hydrogen-bond acceptors (Lipinski definition) is 12. The van der Waals surface area contributed by atoms with Crippen LogP contribution >= 0.6 is 22.9 Å². The molecular formula is C56H70ClN9O6S. The number of carbonyl (C=O) groups is 3. The van der Waals surface area contributed by atoms with Gasteiger partial charge in [-0.05, 0) is 97.7 Å². The van der Waals surface area contributed by atoms with Crippen molar-refractivity contribution in [1.82, 2.24) is 35.4 Å². The number of likely N-dealkylation sites (tertiary alicyclic amines) is 1. The lowest BCUT2D eigenvalue weighted by atomic mass is 9.78. The molecule has 0 saturated carbocycles. The highest BCUT2D eigenvalue weighted by Crippen LogP contribution is 2.37. The summed E-state index contributed by atoms with van der Waals surface area (Å²) < 4.78 is 12.0. The number of aromatic nitrogens is 3. The van der Waals surface area contributed by atoms with Crippen molar-refractivity contribution in [3.63, 3.8) is 0 Å². The monoisotopic (exact) mass is 1030 g/mol. The predicted molar refractivity (Wildman–Crippen MR) is 287 cm³/mol. The van der Waals surface area contributed by atoms with Crippen LogP contribution < -0.4 is 20.3 Å². The maximum Gasteiger partial charge on any atom is 0.246 e. The number of anilines is 1. The molecule has 3 amide bonds. The van der Waals surface area contributed by atoms with Crippen LogP contribution in [0.2, 0.25) is 5.02 Å². The van der Waals surface area contributed by atoms with Gasteiger partial charge in [0.05, 0.1) is 47.1 Å². The van der Waals surface area contributed by atoms with Crippen LogP contribution in [0.15, 0.2) is 84.5 Å². The molecule has 2 fully saturated rings. The minimum absolute atomic E-state index is 0.00954. The number of aliphatic hydroxyl groups is 1. The minimum Gasteiger partial charge on any atom is -0.487 e. The number of aliphatic hydroxyl groups excluding tert-OH is 1. The average molecular weight is 1030 g/mol. The Bertz CT molecular complexity index is 2700. The molecule has 2 saturated heterocycles. The highest BCUT2D eigenvalue weighted by molar-refractivity contribution is 7.13. The third kappa shape index (κ3) is 14.6. The average Bonchev–Trinajstić information content (AvgIpc) is 4.00. The maximum atomic E-state index is 14.1. The normalized spacial score (nSPS) is 17.2. The lowest BCUT2D eigenvalue weighted by Gasteiger charge is -2.35. The fourth-order valence-corrected chi connectivity index (χ4v) is 10.4. The van der Waals surface area contributed by atoms with Crippen LogP contribution in [0.5, 0.6) is 5.75 Å². The summed E-state index contributed by atoms with van der Waals surface area (Å²) in [5, 5.41) is 17.2. The van der Waals surface area contributed by atoms with Crippen LogP contribution in [-0.4, -0.2) is 118 Å². The van der Waals surface area contributed by atoms with E-state index in [1.165, 1.54) is 4.90 Å². The number of piperazine rings is 1. The van der Waals surface area contributed by atoms with Crippen LogP contribution in [0.3, 0.4) is 0 Å². The van der Waals surface area contributed by atoms with Gasteiger partial charge in [-0.25, -0.2) is 19.8 Å². The Balaban J connectivity index is 0.771. The molecule has 2 aromatic heterocycles. The van der Waals surface area contributed by atoms with Crippen molar-refractivity contribution in [2.45, 2.75) is 117 Å². The number of aryl methyl sites for hydroxylation is 1. The maximum absolute atomic E-state index is 14.1. The molecule has 3 N–H and O–H groups in total. The Morgan fingerprint density at radius 3 is 2.34 bits per heavy atom. The van der Waals surface area contributed by atoms with Crippen molar-refractivity contribution in [3.05, 3.63) is 129 Å². The van der Waals surface area contributed by atoms with Crippen molar-refractivity contribution in [2.75, 3.05) is 57.4 Å². The predicted octanol–water partition coefficient (Wildman–Crippen LogP) is 9.09. The summed E-state index contributed by atoms with van der Waals surface area (Å²) in [6.07, 6.45) is 4.06. The molecule has 17 heteroatoms. The summed E-state index contributed by atoms with van der Waals surface area (Å²) in [6, 6.07) is 21.2. The second kappa shape index (κ2) is 24.8. The Kier molecular flexibility index (Phi) is 18.7. The first-order valence-electron chi connectivity index (χ1n) is 25.3. The molecular weight excluding hydrogens is 962 g/mol. The van der Waals surface area contributed by atoms with E-state index in [9.17, 15) is 19.5 Å². The van der Waals surface area contributed by atoms with Gasteiger partial charge in [0.25, 0.3) is 0 Å². The number of nitrogens with zero attached hydrogens (tertiary/aromatic N) is 7. The standard InChI is InChI=1S/C56H70ClN9O6S/c1-37(39-12-14-40(15-13-39)50-38(2)60-36-73-50)61-52(69)48-33-46(67)34-66(48)53(70)51(55(3,4)5)63-49(68)21-29-71-28-11-9-10-23-64-24-26-65(27-25-64)54-59-22-20-44(62-54)35-72-47-18-16-41(17-19-47)56(6,7)42-30-43(57)32-45(31-42)58-8/h12-20,22,30-32,36-37,46,48,51,67H,9-11,21,23-29,33-35H2,1-7H3,(H,61,69)(H,63,68)/t37-,46+,48-,51+/m0/s1. The van der Waals surface area contributed by atoms with Crippen molar-refractivity contribution >= 4 is 52.3 Å². The largest absolute Gasteiger partial charge is 0.487 e. The summed E-state index contributed by atoms with van der Waals surface area (Å²) in [5.41, 5.74) is 7.14. The number of amides is 3. The SMILES string of the molecule is [C-]#[N+]c1cc(Cl)cc(C(C)(C)c2ccc(OCc3ccnc(N4CCN(CCCCCOCCC(=O)N[C@H](C(=O)N5C[C@H](O)C[C@H]5C(=O)N[C@@H](C)c5ccc(-c6scnc6C)cc5)C(C)(C)C)CC4)n3)cc2)c1. The Morgan fingerprint density at radius 1 is 0.918 bits per heavy atom. The number of hydrogen-bond donors (Lipinski definition) is 3. The number of unbranched alkanes of at least 4 members (excludes halogenated alkanes) is 2. The molecule has 3 aromatic carbocycles. The van der Waals surface area contributed by atoms with E-state index in [-0.39, 0.29) is 49.3 Å². The van der Waals surface area contributed by atoms with E-state index in [2.05, 4.69) is 49.1 Å². The number of halogens is 1. The van der Waals surface area contributed by atoms with Gasteiger partial charge in [-0.3, -0.25) is 19.3 Å². The third-order valence-corrected chi connectivity index (χ3v) is 15.0. The molecule has 388 valence electrons. The fraction of sp³-hybridized carbons (Fsp3) is 0.482. The van der Waals surface area contributed by atoms with Gasteiger partial charge in [0, 0.05) is 68.8 Å². The molecule has 0 spiro atoms. The Hall–Kier alpha value is -5.96. The lowest BCUT2D eigenvalue weighted by Crippen LogP contribution is -2.58. The summed E-state index contributed by atoms with van der Waals surface area (Å²) in [6.45, 7) is 26.7. The second-order valence-corrected chi connectivity index (χ2v) is 22.0. The zero-order valence-electron chi connectivity index (χ0n) is 43.2. The van der Waals surface area contributed by atoms with E-state index < -0.39 is 29.5 Å². The molecule has 7 rings (SSSR count). The molecule has 73 heavy (non-hydrogen) atoms. The quantitative estimate of drug-likeness (QED) is 0.0474. The highest BCUT2D eigenvalue weighted by atomic mass is 35.5. The van der Waals surface area contributed by atoms with Gasteiger partial charge >= 0.3 is 0 Å². The van der Waals surface area contributed by atoms with E-state index in [1.54, 1.807) is 23.6 Å². The minimum atomic E-state index is -0.904. The number of carbonyl (C=O) groups excluding carboxylic acids is 3. The topological polar surface area (TPSA) is 167 Å². The van der Waals surface area contributed by atoms with Crippen molar-refractivity contribution in [2.24, 2.45) is 5.41 Å². The van der Waals surface area contributed by atoms with Crippen LogP contribution in [0, 0.1) is 18.9 Å². The van der Waals surface area contributed by atoms with Gasteiger partial charge in [-0.2, -0.15) is 0 Å². The van der Waals surface area contributed by atoms with E-state index in [0.29, 0.717) is 29.9 Å². The number of thiazole rings is 1. The first-order chi connectivity index (χ1) is 34.9. The molecule has 5 aromatic rings. The van der Waals surface area contributed by atoms with Crippen LogP contribution in [0.4, 0.5) is 11.6 Å². The van der Waals surface area contributed by atoms with Gasteiger partial charge in [0.15, 0.2) is 5.69 Å². The Morgan fingerprint density at radius 2 is 1.66 bits per heavy atom. The first-order valence-corrected chi connectivity index (χ1v) is 26.5. The van der Waals surface area contributed by atoms with Gasteiger partial charge in [-0.15, -0.1) is 11.3 Å². The second-order valence-electron chi connectivity index (χ2n) is 20.7.